The van der Waals surface area contributed by atoms with Gasteiger partial charge in [-0.15, -0.1) is 0 Å². The van der Waals surface area contributed by atoms with Crippen molar-refractivity contribution in [3.63, 3.8) is 0 Å². The van der Waals surface area contributed by atoms with Gasteiger partial charge in [-0.25, -0.2) is 0 Å². The standard InChI is InChI=1S/C13H14N2/c1-10-6-5-9-15-13(10)12(14)11-7-3-2-4-8-11/h2-8,15H,1,9,14H2/b13-12+. The van der Waals surface area contributed by atoms with E-state index >= 15 is 0 Å². The minimum atomic E-state index is 0.755. The fraction of sp³-hybridized carbons (Fsp3) is 0.0769. The molecule has 1 aliphatic heterocycles. The van der Waals surface area contributed by atoms with Crippen molar-refractivity contribution >= 4 is 5.70 Å². The topological polar surface area (TPSA) is 38.0 Å². The summed E-state index contributed by atoms with van der Waals surface area (Å²) >= 11 is 0. The minimum absolute atomic E-state index is 0.755. The molecule has 0 saturated heterocycles. The lowest BCUT2D eigenvalue weighted by atomic mass is 10.0. The van der Waals surface area contributed by atoms with E-state index in [4.69, 9.17) is 5.73 Å². The van der Waals surface area contributed by atoms with E-state index in [1.165, 1.54) is 0 Å². The van der Waals surface area contributed by atoms with E-state index < -0.39 is 0 Å². The van der Waals surface area contributed by atoms with E-state index in [9.17, 15) is 0 Å². The van der Waals surface area contributed by atoms with Crippen LogP contribution in [0.3, 0.4) is 0 Å². The van der Waals surface area contributed by atoms with Crippen molar-refractivity contribution in [2.75, 3.05) is 6.54 Å². The van der Waals surface area contributed by atoms with Crippen molar-refractivity contribution in [2.45, 2.75) is 0 Å². The van der Waals surface area contributed by atoms with Crippen LogP contribution in [0.5, 0.6) is 0 Å². The summed E-state index contributed by atoms with van der Waals surface area (Å²) in [7, 11) is 0. The molecule has 0 radical (unpaired) electrons. The second-order valence-electron chi connectivity index (χ2n) is 3.46. The van der Waals surface area contributed by atoms with Gasteiger partial charge in [0.2, 0.25) is 0 Å². The second-order valence-corrected chi connectivity index (χ2v) is 3.46. The van der Waals surface area contributed by atoms with Gasteiger partial charge < -0.3 is 11.1 Å². The lowest BCUT2D eigenvalue weighted by Gasteiger charge is -2.17. The van der Waals surface area contributed by atoms with Gasteiger partial charge in [-0.3, -0.25) is 0 Å². The molecule has 1 aromatic rings. The Kier molecular flexibility index (Phi) is 2.59. The van der Waals surface area contributed by atoms with Gasteiger partial charge in [-0.2, -0.15) is 0 Å². The monoisotopic (exact) mass is 198 g/mol. The van der Waals surface area contributed by atoms with Gasteiger partial charge in [0.25, 0.3) is 0 Å². The Bertz CT molecular complexity index is 427. The fourth-order valence-electron chi connectivity index (χ4n) is 1.59. The molecule has 0 bridgehead atoms. The van der Waals surface area contributed by atoms with E-state index in [1.807, 2.05) is 42.5 Å². The van der Waals surface area contributed by atoms with E-state index in [0.29, 0.717) is 0 Å². The van der Waals surface area contributed by atoms with Crippen LogP contribution >= 0.6 is 0 Å². The maximum absolute atomic E-state index is 6.08. The van der Waals surface area contributed by atoms with Crippen LogP contribution in [0, 0.1) is 0 Å². The lowest BCUT2D eigenvalue weighted by Crippen LogP contribution is -2.21. The molecular weight excluding hydrogens is 184 g/mol. The zero-order chi connectivity index (χ0) is 10.7. The zero-order valence-corrected chi connectivity index (χ0v) is 8.53. The molecule has 76 valence electrons. The van der Waals surface area contributed by atoms with Crippen molar-refractivity contribution < 1.29 is 0 Å². The largest absolute Gasteiger partial charge is 0.397 e. The van der Waals surface area contributed by atoms with Crippen LogP contribution in [0.1, 0.15) is 5.56 Å². The van der Waals surface area contributed by atoms with E-state index in [-0.39, 0.29) is 0 Å². The second kappa shape index (κ2) is 4.05. The van der Waals surface area contributed by atoms with E-state index in [0.717, 1.165) is 29.1 Å². The predicted molar refractivity (Wildman–Crippen MR) is 63.8 cm³/mol. The molecule has 0 aromatic heterocycles. The summed E-state index contributed by atoms with van der Waals surface area (Å²) in [6.07, 6.45) is 4.02. The number of hydrogen-bond acceptors (Lipinski definition) is 2. The Morgan fingerprint density at radius 1 is 1.27 bits per heavy atom. The highest BCUT2D eigenvalue weighted by molar-refractivity contribution is 5.70. The third kappa shape index (κ3) is 1.94. The molecule has 0 unspecified atom stereocenters. The normalized spacial score (nSPS) is 18.5. The van der Waals surface area contributed by atoms with Crippen LogP contribution in [-0.4, -0.2) is 6.54 Å². The summed E-state index contributed by atoms with van der Waals surface area (Å²) in [5.41, 5.74) is 9.73. The minimum Gasteiger partial charge on any atom is -0.397 e. The highest BCUT2D eigenvalue weighted by Crippen LogP contribution is 2.19. The summed E-state index contributed by atoms with van der Waals surface area (Å²) in [5.74, 6) is 0. The highest BCUT2D eigenvalue weighted by atomic mass is 14.9. The summed E-state index contributed by atoms with van der Waals surface area (Å²) in [5, 5.41) is 3.24. The van der Waals surface area contributed by atoms with Crippen LogP contribution in [0.2, 0.25) is 0 Å². The van der Waals surface area contributed by atoms with Crippen molar-refractivity contribution in [3.05, 3.63) is 65.9 Å². The van der Waals surface area contributed by atoms with Crippen LogP contribution in [0.4, 0.5) is 0 Å². The van der Waals surface area contributed by atoms with Gasteiger partial charge in [-0.1, -0.05) is 49.1 Å². The number of allylic oxidation sites excluding steroid dienone is 1. The molecule has 2 rings (SSSR count). The zero-order valence-electron chi connectivity index (χ0n) is 8.53. The third-order valence-electron chi connectivity index (χ3n) is 2.39. The molecule has 15 heavy (non-hydrogen) atoms. The molecule has 1 aromatic carbocycles. The van der Waals surface area contributed by atoms with Crippen molar-refractivity contribution in [3.8, 4) is 0 Å². The Labute approximate surface area is 89.8 Å². The highest BCUT2D eigenvalue weighted by Gasteiger charge is 2.09. The van der Waals surface area contributed by atoms with Gasteiger partial charge in [0.1, 0.15) is 0 Å². The van der Waals surface area contributed by atoms with Crippen LogP contribution < -0.4 is 11.1 Å². The van der Waals surface area contributed by atoms with E-state index in [2.05, 4.69) is 11.9 Å². The van der Waals surface area contributed by atoms with Gasteiger partial charge in [0.05, 0.1) is 11.4 Å². The quantitative estimate of drug-likeness (QED) is 0.724. The van der Waals surface area contributed by atoms with Gasteiger partial charge in [0, 0.05) is 6.54 Å². The number of benzene rings is 1. The first-order valence-electron chi connectivity index (χ1n) is 4.94. The molecule has 2 nitrogen and oxygen atoms in total. The average Bonchev–Trinajstić information content (AvgIpc) is 2.30. The summed E-state index contributed by atoms with van der Waals surface area (Å²) < 4.78 is 0. The number of hydrogen-bond donors (Lipinski definition) is 2. The molecule has 0 aliphatic carbocycles. The van der Waals surface area contributed by atoms with Crippen LogP contribution in [0.15, 0.2) is 60.3 Å². The Balaban J connectivity index is 2.41. The molecular formula is C13H14N2. The maximum Gasteiger partial charge on any atom is 0.0650 e. The smallest absolute Gasteiger partial charge is 0.0650 e. The molecule has 0 spiro atoms. The van der Waals surface area contributed by atoms with E-state index in [1.54, 1.807) is 0 Å². The molecule has 2 heteroatoms. The molecule has 0 atom stereocenters. The third-order valence-corrected chi connectivity index (χ3v) is 2.39. The Morgan fingerprint density at radius 2 is 2.00 bits per heavy atom. The van der Waals surface area contributed by atoms with Crippen molar-refractivity contribution in [1.29, 1.82) is 0 Å². The molecule has 1 aliphatic rings. The first-order valence-corrected chi connectivity index (χ1v) is 4.94. The molecule has 0 amide bonds. The molecule has 0 fully saturated rings. The van der Waals surface area contributed by atoms with Crippen molar-refractivity contribution in [1.82, 2.24) is 5.32 Å². The number of nitrogens with one attached hydrogen (secondary N) is 1. The Morgan fingerprint density at radius 3 is 2.67 bits per heavy atom. The van der Waals surface area contributed by atoms with Crippen LogP contribution in [-0.2, 0) is 0 Å². The predicted octanol–water partition coefficient (Wildman–Crippen LogP) is 2.03. The van der Waals surface area contributed by atoms with Gasteiger partial charge in [0.15, 0.2) is 0 Å². The summed E-state index contributed by atoms with van der Waals surface area (Å²) in [6.45, 7) is 4.76. The molecule has 1 heterocycles. The first kappa shape index (κ1) is 9.59. The Hall–Kier alpha value is -1.96. The SMILES string of the molecule is C=C1C=CCN/C1=C(/N)c1ccccc1. The fourth-order valence-corrected chi connectivity index (χ4v) is 1.59. The van der Waals surface area contributed by atoms with Gasteiger partial charge in [-0.05, 0) is 11.1 Å². The molecule has 0 saturated carbocycles. The average molecular weight is 198 g/mol. The van der Waals surface area contributed by atoms with Crippen LogP contribution in [0.25, 0.3) is 5.70 Å². The number of nitrogens with two attached hydrogens (primary N) is 1. The molecule has 3 N–H and O–H groups in total. The van der Waals surface area contributed by atoms with Crippen molar-refractivity contribution in [2.24, 2.45) is 5.73 Å². The maximum atomic E-state index is 6.08. The number of rotatable bonds is 1. The first-order chi connectivity index (χ1) is 7.29. The lowest BCUT2D eigenvalue weighted by molar-refractivity contribution is 0.902. The van der Waals surface area contributed by atoms with Gasteiger partial charge >= 0.3 is 0 Å². The summed E-state index contributed by atoms with van der Waals surface area (Å²) in [6, 6.07) is 9.92. The summed E-state index contributed by atoms with van der Waals surface area (Å²) in [4.78, 5) is 0.